The molecule has 1 aromatic rings. The van der Waals surface area contributed by atoms with Crippen LogP contribution in [-0.2, 0) is 10.0 Å². The summed E-state index contributed by atoms with van der Waals surface area (Å²) in [7, 11) is -3.68. The molecule has 0 radical (unpaired) electrons. The molecule has 0 aliphatic carbocycles. The van der Waals surface area contributed by atoms with Crippen molar-refractivity contribution < 1.29 is 8.42 Å². The number of benzene rings is 1. The number of hydrogen-bond acceptors (Lipinski definition) is 4. The summed E-state index contributed by atoms with van der Waals surface area (Å²) in [6.07, 6.45) is 1.08. The van der Waals surface area contributed by atoms with Gasteiger partial charge in [0.1, 0.15) is 0 Å². The predicted molar refractivity (Wildman–Crippen MR) is 72.8 cm³/mol. The Bertz CT molecular complexity index is 556. The number of rotatable bonds is 2. The first kappa shape index (κ1) is 13.2. The molecule has 1 aromatic carbocycles. The van der Waals surface area contributed by atoms with Gasteiger partial charge in [-0.1, -0.05) is 6.92 Å². The third-order valence-corrected chi connectivity index (χ3v) is 4.33. The first-order valence-electron chi connectivity index (χ1n) is 5.98. The molecule has 18 heavy (non-hydrogen) atoms. The smallest absolute Gasteiger partial charge is 0.238 e. The lowest BCUT2D eigenvalue weighted by atomic mass is 10.1. The standard InChI is InChI=1S/C12H19N3O2S/c1-8-5-9(2)15(7-8)12-6-10(18(14,16)17)3-4-11(12)13/h3-4,6,8-9H,5,7,13H2,1-2H3,(H2,14,16,17). The fraction of sp³-hybridized carbons (Fsp3) is 0.500. The van der Waals surface area contributed by atoms with Gasteiger partial charge in [0, 0.05) is 12.6 Å². The van der Waals surface area contributed by atoms with Gasteiger partial charge in [-0.2, -0.15) is 0 Å². The molecule has 2 unspecified atom stereocenters. The third-order valence-electron chi connectivity index (χ3n) is 3.42. The van der Waals surface area contributed by atoms with E-state index in [9.17, 15) is 8.42 Å². The maximum absolute atomic E-state index is 11.4. The molecule has 0 spiro atoms. The molecule has 1 heterocycles. The van der Waals surface area contributed by atoms with Crippen LogP contribution in [0.2, 0.25) is 0 Å². The van der Waals surface area contributed by atoms with Crippen molar-refractivity contribution in [3.8, 4) is 0 Å². The lowest BCUT2D eigenvalue weighted by Crippen LogP contribution is -2.28. The van der Waals surface area contributed by atoms with Crippen LogP contribution in [0.25, 0.3) is 0 Å². The summed E-state index contributed by atoms with van der Waals surface area (Å²) in [5.74, 6) is 0.581. The molecule has 2 rings (SSSR count). The van der Waals surface area contributed by atoms with Crippen molar-refractivity contribution in [1.29, 1.82) is 0 Å². The minimum Gasteiger partial charge on any atom is -0.397 e. The van der Waals surface area contributed by atoms with Crippen LogP contribution in [0.15, 0.2) is 23.1 Å². The molecule has 5 nitrogen and oxygen atoms in total. The van der Waals surface area contributed by atoms with E-state index in [2.05, 4.69) is 18.7 Å². The third kappa shape index (κ3) is 2.44. The Labute approximate surface area is 108 Å². The summed E-state index contributed by atoms with van der Waals surface area (Å²) >= 11 is 0. The van der Waals surface area contributed by atoms with Gasteiger partial charge in [0.05, 0.1) is 16.3 Å². The molecule has 0 bridgehead atoms. The lowest BCUT2D eigenvalue weighted by Gasteiger charge is -2.25. The Hall–Kier alpha value is -1.27. The topological polar surface area (TPSA) is 89.4 Å². The van der Waals surface area contributed by atoms with Crippen molar-refractivity contribution in [3.63, 3.8) is 0 Å². The summed E-state index contributed by atoms with van der Waals surface area (Å²) in [4.78, 5) is 2.26. The van der Waals surface area contributed by atoms with Gasteiger partial charge in [0.2, 0.25) is 10.0 Å². The lowest BCUT2D eigenvalue weighted by molar-refractivity contribution is 0.597. The monoisotopic (exact) mass is 269 g/mol. The first-order valence-corrected chi connectivity index (χ1v) is 7.52. The van der Waals surface area contributed by atoms with Crippen molar-refractivity contribution in [3.05, 3.63) is 18.2 Å². The van der Waals surface area contributed by atoms with Gasteiger partial charge in [0.25, 0.3) is 0 Å². The molecular weight excluding hydrogens is 250 g/mol. The average Bonchev–Trinajstić information content (AvgIpc) is 2.56. The van der Waals surface area contributed by atoms with Crippen LogP contribution in [0.3, 0.4) is 0 Å². The SMILES string of the molecule is CC1CC(C)N(c2cc(S(N)(=O)=O)ccc2N)C1. The Morgan fingerprint density at radius 2 is 2.00 bits per heavy atom. The summed E-state index contributed by atoms with van der Waals surface area (Å²) in [6.45, 7) is 5.18. The highest BCUT2D eigenvalue weighted by Crippen LogP contribution is 2.33. The number of sulfonamides is 1. The number of hydrogen-bond donors (Lipinski definition) is 2. The minimum absolute atomic E-state index is 0.110. The van der Waals surface area contributed by atoms with Crippen LogP contribution in [0.5, 0.6) is 0 Å². The van der Waals surface area contributed by atoms with Gasteiger partial charge in [-0.25, -0.2) is 13.6 Å². The van der Waals surface area contributed by atoms with Gasteiger partial charge in [0.15, 0.2) is 0 Å². The van der Waals surface area contributed by atoms with Crippen molar-refractivity contribution in [1.82, 2.24) is 0 Å². The van der Waals surface area contributed by atoms with Crippen LogP contribution in [-0.4, -0.2) is 21.0 Å². The molecule has 1 saturated heterocycles. The molecule has 1 aliphatic heterocycles. The quantitative estimate of drug-likeness (QED) is 0.788. The average molecular weight is 269 g/mol. The van der Waals surface area contributed by atoms with Crippen molar-refractivity contribution in [2.24, 2.45) is 11.1 Å². The molecule has 1 fully saturated rings. The number of primary sulfonamides is 1. The highest BCUT2D eigenvalue weighted by atomic mass is 32.2. The zero-order valence-electron chi connectivity index (χ0n) is 10.6. The second-order valence-corrected chi connectivity index (χ2v) is 6.67. The fourth-order valence-electron chi connectivity index (χ4n) is 2.58. The Kier molecular flexibility index (Phi) is 3.25. The minimum atomic E-state index is -3.68. The molecular formula is C12H19N3O2S. The second-order valence-electron chi connectivity index (χ2n) is 5.11. The second kappa shape index (κ2) is 4.44. The number of nitrogen functional groups attached to an aromatic ring is 1. The highest BCUT2D eigenvalue weighted by molar-refractivity contribution is 7.89. The Morgan fingerprint density at radius 3 is 2.50 bits per heavy atom. The molecule has 0 aromatic heterocycles. The van der Waals surface area contributed by atoms with E-state index in [1.165, 1.54) is 6.07 Å². The Morgan fingerprint density at radius 1 is 1.33 bits per heavy atom. The molecule has 1 aliphatic rings. The molecule has 0 saturated carbocycles. The predicted octanol–water partition coefficient (Wildman–Crippen LogP) is 1.15. The van der Waals surface area contributed by atoms with Crippen LogP contribution < -0.4 is 15.8 Å². The molecule has 2 atom stereocenters. The molecule has 4 N–H and O–H groups in total. The van der Waals surface area contributed by atoms with E-state index in [1.807, 2.05) is 0 Å². The molecule has 6 heteroatoms. The van der Waals surface area contributed by atoms with Crippen LogP contribution in [0.4, 0.5) is 11.4 Å². The number of nitrogens with two attached hydrogens (primary N) is 2. The van der Waals surface area contributed by atoms with Gasteiger partial charge in [-0.3, -0.25) is 0 Å². The van der Waals surface area contributed by atoms with Gasteiger partial charge in [-0.05, 0) is 37.5 Å². The maximum atomic E-state index is 11.4. The van der Waals surface area contributed by atoms with E-state index in [4.69, 9.17) is 10.9 Å². The van der Waals surface area contributed by atoms with E-state index < -0.39 is 10.0 Å². The van der Waals surface area contributed by atoms with Crippen LogP contribution in [0.1, 0.15) is 20.3 Å². The number of nitrogens with zero attached hydrogens (tertiary/aromatic N) is 1. The van der Waals surface area contributed by atoms with Gasteiger partial charge in [-0.15, -0.1) is 0 Å². The number of anilines is 2. The largest absolute Gasteiger partial charge is 0.397 e. The van der Waals surface area contributed by atoms with E-state index in [-0.39, 0.29) is 4.90 Å². The zero-order chi connectivity index (χ0) is 13.5. The van der Waals surface area contributed by atoms with E-state index in [1.54, 1.807) is 12.1 Å². The molecule has 100 valence electrons. The van der Waals surface area contributed by atoms with Crippen LogP contribution in [0, 0.1) is 5.92 Å². The highest BCUT2D eigenvalue weighted by Gasteiger charge is 2.28. The van der Waals surface area contributed by atoms with Crippen molar-refractivity contribution in [2.45, 2.75) is 31.2 Å². The van der Waals surface area contributed by atoms with Crippen LogP contribution >= 0.6 is 0 Å². The molecule has 0 amide bonds. The first-order chi connectivity index (χ1) is 8.29. The van der Waals surface area contributed by atoms with Crippen molar-refractivity contribution >= 4 is 21.4 Å². The van der Waals surface area contributed by atoms with Crippen molar-refractivity contribution in [2.75, 3.05) is 17.2 Å². The van der Waals surface area contributed by atoms with E-state index in [0.29, 0.717) is 17.6 Å². The van der Waals surface area contributed by atoms with E-state index >= 15 is 0 Å². The summed E-state index contributed by atoms with van der Waals surface area (Å²) in [5, 5.41) is 5.15. The summed E-state index contributed by atoms with van der Waals surface area (Å²) in [6, 6.07) is 4.97. The summed E-state index contributed by atoms with van der Waals surface area (Å²) in [5.41, 5.74) is 7.29. The van der Waals surface area contributed by atoms with E-state index in [0.717, 1.165) is 18.7 Å². The van der Waals surface area contributed by atoms with Gasteiger partial charge < -0.3 is 10.6 Å². The van der Waals surface area contributed by atoms with Gasteiger partial charge >= 0.3 is 0 Å². The normalized spacial score (nSPS) is 24.5. The Balaban J connectivity index is 2.44. The maximum Gasteiger partial charge on any atom is 0.238 e. The fourth-order valence-corrected chi connectivity index (χ4v) is 3.12. The summed E-state index contributed by atoms with van der Waals surface area (Å²) < 4.78 is 22.8. The zero-order valence-corrected chi connectivity index (χ0v) is 11.4.